The van der Waals surface area contributed by atoms with Gasteiger partial charge < -0.3 is 9.64 Å². The van der Waals surface area contributed by atoms with E-state index in [1.165, 1.54) is 25.3 Å². The van der Waals surface area contributed by atoms with Gasteiger partial charge in [0.05, 0.1) is 22.8 Å². The Bertz CT molecular complexity index is 942. The van der Waals surface area contributed by atoms with Crippen molar-refractivity contribution < 1.29 is 17.9 Å². The molecule has 0 aliphatic carbocycles. The van der Waals surface area contributed by atoms with Crippen LogP contribution in [0.2, 0.25) is 5.02 Å². The maximum atomic E-state index is 12.7. The molecule has 0 fully saturated rings. The van der Waals surface area contributed by atoms with Gasteiger partial charge in [0.1, 0.15) is 5.75 Å². The summed E-state index contributed by atoms with van der Waals surface area (Å²) in [5.41, 5.74) is 1.98. The maximum Gasteiger partial charge on any atom is 0.228 e. The van der Waals surface area contributed by atoms with E-state index in [1.807, 2.05) is 31.2 Å². The molecule has 1 unspecified atom stereocenters. The number of nitrogens with zero attached hydrogens (tertiary/aromatic N) is 1. The molecule has 0 saturated carbocycles. The summed E-state index contributed by atoms with van der Waals surface area (Å²) in [4.78, 5) is 14.5. The minimum atomic E-state index is -3.61. The number of anilines is 1. The van der Waals surface area contributed by atoms with Crippen molar-refractivity contribution in [3.63, 3.8) is 0 Å². The van der Waals surface area contributed by atoms with E-state index in [4.69, 9.17) is 16.3 Å². The number of carbonyl (C=O) groups is 1. The molecule has 1 amide bonds. The lowest BCUT2D eigenvalue weighted by molar-refractivity contribution is -0.118. The molecule has 0 bridgehead atoms. The highest BCUT2D eigenvalue weighted by molar-refractivity contribution is 7.91. The molecule has 3 rings (SSSR count). The Balaban J connectivity index is 1.74. The van der Waals surface area contributed by atoms with Crippen molar-refractivity contribution in [2.45, 2.75) is 30.7 Å². The molecule has 5 nitrogen and oxygen atoms in total. The normalized spacial score (nSPS) is 16.4. The first-order valence-corrected chi connectivity index (χ1v) is 10.3. The Hall–Kier alpha value is -2.05. The second kappa shape index (κ2) is 7.29. The van der Waals surface area contributed by atoms with E-state index in [-0.39, 0.29) is 34.0 Å². The van der Waals surface area contributed by atoms with Crippen LogP contribution >= 0.6 is 11.6 Å². The van der Waals surface area contributed by atoms with E-state index in [0.717, 1.165) is 17.7 Å². The number of fused-ring (bicyclic) bond motifs is 1. The molecule has 1 aliphatic rings. The minimum absolute atomic E-state index is 0.0260. The highest BCUT2D eigenvalue weighted by Crippen LogP contribution is 2.32. The number of rotatable bonds is 5. The summed E-state index contributed by atoms with van der Waals surface area (Å²) in [6, 6.07) is 12.1. The lowest BCUT2D eigenvalue weighted by atomic mass is 10.1. The van der Waals surface area contributed by atoms with Crippen LogP contribution in [0.5, 0.6) is 5.75 Å². The van der Waals surface area contributed by atoms with Crippen molar-refractivity contribution in [1.82, 2.24) is 0 Å². The first-order chi connectivity index (χ1) is 12.3. The molecule has 0 N–H and O–H groups in total. The van der Waals surface area contributed by atoms with Crippen LogP contribution in [0, 0.1) is 0 Å². The topological polar surface area (TPSA) is 63.7 Å². The van der Waals surface area contributed by atoms with Gasteiger partial charge in [0, 0.05) is 18.2 Å². The van der Waals surface area contributed by atoms with Crippen molar-refractivity contribution in [1.29, 1.82) is 0 Å². The number of para-hydroxylation sites is 1. The molecule has 0 radical (unpaired) electrons. The summed E-state index contributed by atoms with van der Waals surface area (Å²) in [7, 11) is -2.15. The third kappa shape index (κ3) is 3.57. The number of benzene rings is 2. The molecule has 0 saturated heterocycles. The van der Waals surface area contributed by atoms with Gasteiger partial charge in [0.25, 0.3) is 0 Å². The fraction of sp³-hybridized carbons (Fsp3) is 0.316. The Morgan fingerprint density at radius 2 is 2.00 bits per heavy atom. The van der Waals surface area contributed by atoms with Gasteiger partial charge in [-0.3, -0.25) is 4.79 Å². The van der Waals surface area contributed by atoms with Crippen LogP contribution in [-0.2, 0) is 21.1 Å². The van der Waals surface area contributed by atoms with E-state index in [2.05, 4.69) is 0 Å². The third-order valence-corrected chi connectivity index (χ3v) is 6.55. The molecule has 0 spiro atoms. The molecule has 1 aliphatic heterocycles. The average Bonchev–Trinajstić information content (AvgIpc) is 2.95. The molecule has 2 aromatic carbocycles. The summed E-state index contributed by atoms with van der Waals surface area (Å²) in [6.45, 7) is 1.97. The lowest BCUT2D eigenvalue weighted by Gasteiger charge is -2.22. The van der Waals surface area contributed by atoms with Gasteiger partial charge in [-0.05, 0) is 43.2 Å². The van der Waals surface area contributed by atoms with Crippen LogP contribution in [-0.4, -0.2) is 33.2 Å². The number of carbonyl (C=O) groups excluding carboxylic acids is 1. The molecule has 1 heterocycles. The Morgan fingerprint density at radius 1 is 1.27 bits per heavy atom. The van der Waals surface area contributed by atoms with Crippen molar-refractivity contribution in [3.05, 3.63) is 53.1 Å². The first kappa shape index (κ1) is 18.7. The maximum absolute atomic E-state index is 12.7. The fourth-order valence-electron chi connectivity index (χ4n) is 3.25. The average molecular weight is 394 g/mol. The van der Waals surface area contributed by atoms with Gasteiger partial charge in [0.2, 0.25) is 5.91 Å². The van der Waals surface area contributed by atoms with Crippen LogP contribution < -0.4 is 9.64 Å². The highest BCUT2D eigenvalue weighted by atomic mass is 35.5. The quantitative estimate of drug-likeness (QED) is 0.780. The number of hydrogen-bond acceptors (Lipinski definition) is 4. The van der Waals surface area contributed by atoms with E-state index in [0.29, 0.717) is 5.75 Å². The zero-order valence-corrected chi connectivity index (χ0v) is 16.2. The molecular formula is C19H20ClNO4S. The Morgan fingerprint density at radius 3 is 2.69 bits per heavy atom. The van der Waals surface area contributed by atoms with Crippen molar-refractivity contribution in [2.75, 3.05) is 17.8 Å². The molecule has 26 heavy (non-hydrogen) atoms. The number of sulfone groups is 1. The largest absolute Gasteiger partial charge is 0.495 e. The van der Waals surface area contributed by atoms with Gasteiger partial charge in [-0.25, -0.2) is 8.42 Å². The predicted molar refractivity (Wildman–Crippen MR) is 102 cm³/mol. The van der Waals surface area contributed by atoms with Crippen molar-refractivity contribution in [3.8, 4) is 5.75 Å². The van der Waals surface area contributed by atoms with Crippen LogP contribution in [0.15, 0.2) is 47.4 Å². The fourth-order valence-corrected chi connectivity index (χ4v) is 4.82. The molecular weight excluding hydrogens is 374 g/mol. The number of hydrogen-bond donors (Lipinski definition) is 0. The SMILES string of the molecule is COc1ccc(S(=O)(=O)CCC(=O)N2c3ccccc3CC2C)cc1Cl. The second-order valence-corrected chi connectivity index (χ2v) is 8.83. The van der Waals surface area contributed by atoms with E-state index in [9.17, 15) is 13.2 Å². The van der Waals surface area contributed by atoms with Crippen molar-refractivity contribution >= 4 is 33.0 Å². The molecule has 2 aromatic rings. The van der Waals surface area contributed by atoms with Gasteiger partial charge in [-0.1, -0.05) is 29.8 Å². The zero-order chi connectivity index (χ0) is 18.9. The summed E-state index contributed by atoms with van der Waals surface area (Å²) < 4.78 is 30.2. The minimum Gasteiger partial charge on any atom is -0.495 e. The molecule has 138 valence electrons. The van der Waals surface area contributed by atoms with E-state index >= 15 is 0 Å². The predicted octanol–water partition coefficient (Wildman–Crippen LogP) is 3.49. The number of methoxy groups -OCH3 is 1. The van der Waals surface area contributed by atoms with Gasteiger partial charge >= 0.3 is 0 Å². The van der Waals surface area contributed by atoms with Gasteiger partial charge in [-0.15, -0.1) is 0 Å². The zero-order valence-electron chi connectivity index (χ0n) is 14.6. The monoisotopic (exact) mass is 393 g/mol. The number of ether oxygens (including phenoxy) is 1. The van der Waals surface area contributed by atoms with Gasteiger partial charge in [-0.2, -0.15) is 0 Å². The van der Waals surface area contributed by atoms with Crippen LogP contribution in [0.25, 0.3) is 0 Å². The highest BCUT2D eigenvalue weighted by Gasteiger charge is 2.31. The van der Waals surface area contributed by atoms with E-state index < -0.39 is 9.84 Å². The van der Waals surface area contributed by atoms with E-state index in [1.54, 1.807) is 4.90 Å². The Labute approximate surface area is 158 Å². The second-order valence-electron chi connectivity index (χ2n) is 6.31. The summed E-state index contributed by atoms with van der Waals surface area (Å²) >= 11 is 6.01. The molecule has 0 aromatic heterocycles. The van der Waals surface area contributed by atoms with Crippen LogP contribution in [0.1, 0.15) is 18.9 Å². The van der Waals surface area contributed by atoms with Crippen LogP contribution in [0.4, 0.5) is 5.69 Å². The van der Waals surface area contributed by atoms with Crippen LogP contribution in [0.3, 0.4) is 0 Å². The lowest BCUT2D eigenvalue weighted by Crippen LogP contribution is -2.36. The van der Waals surface area contributed by atoms with Gasteiger partial charge in [0.15, 0.2) is 9.84 Å². The Kier molecular flexibility index (Phi) is 5.25. The summed E-state index contributed by atoms with van der Waals surface area (Å²) in [5, 5.41) is 0.224. The summed E-state index contributed by atoms with van der Waals surface area (Å²) in [6.07, 6.45) is 0.702. The smallest absolute Gasteiger partial charge is 0.228 e. The summed E-state index contributed by atoms with van der Waals surface area (Å²) in [5.74, 6) is -0.0466. The number of halogens is 1. The number of amides is 1. The third-order valence-electron chi connectivity index (χ3n) is 4.54. The first-order valence-electron chi connectivity index (χ1n) is 8.30. The van der Waals surface area contributed by atoms with Crippen molar-refractivity contribution in [2.24, 2.45) is 0 Å². The molecule has 7 heteroatoms. The molecule has 1 atom stereocenters. The standard InChI is InChI=1S/C19H20ClNO4S/c1-13-11-14-5-3-4-6-17(14)21(13)19(22)9-10-26(23,24)15-7-8-18(25-2)16(20)12-15/h3-8,12-13H,9-11H2,1-2H3.